The predicted molar refractivity (Wildman–Crippen MR) is 85.7 cm³/mol. The summed E-state index contributed by atoms with van der Waals surface area (Å²) in [5.41, 5.74) is 0. The molecule has 22 heavy (non-hydrogen) atoms. The number of ether oxygens (including phenoxy) is 1. The van der Waals surface area contributed by atoms with Crippen LogP contribution in [0.15, 0.2) is 0 Å². The number of nitrogens with zero attached hydrogens (tertiary/aromatic N) is 3. The van der Waals surface area contributed by atoms with Crippen molar-refractivity contribution in [1.29, 1.82) is 0 Å². The van der Waals surface area contributed by atoms with Crippen molar-refractivity contribution in [3.05, 3.63) is 0 Å². The Bertz CT molecular complexity index is 367. The van der Waals surface area contributed by atoms with Crippen LogP contribution in [0.1, 0.15) is 20.3 Å². The molecule has 2 aliphatic rings. The second kappa shape index (κ2) is 8.24. The van der Waals surface area contributed by atoms with E-state index in [0.29, 0.717) is 25.1 Å². The molecule has 6 nitrogen and oxygen atoms in total. The zero-order valence-electron chi connectivity index (χ0n) is 14.2. The van der Waals surface area contributed by atoms with E-state index in [2.05, 4.69) is 16.7 Å². The van der Waals surface area contributed by atoms with Crippen molar-refractivity contribution in [1.82, 2.24) is 14.7 Å². The van der Waals surface area contributed by atoms with Gasteiger partial charge in [-0.25, -0.2) is 0 Å². The summed E-state index contributed by atoms with van der Waals surface area (Å²) in [4.78, 5) is 18.4. The van der Waals surface area contributed by atoms with Crippen molar-refractivity contribution in [2.75, 3.05) is 59.5 Å². The lowest BCUT2D eigenvalue weighted by molar-refractivity contribution is -0.128. The maximum Gasteiger partial charge on any atom is 0.219 e. The number of amides is 1. The molecule has 0 radical (unpaired) electrons. The van der Waals surface area contributed by atoms with Crippen LogP contribution >= 0.6 is 0 Å². The molecule has 0 aromatic carbocycles. The fourth-order valence-corrected chi connectivity index (χ4v) is 3.80. The highest BCUT2D eigenvalue weighted by molar-refractivity contribution is 5.73. The number of aliphatic hydroxyl groups excluding tert-OH is 1. The highest BCUT2D eigenvalue weighted by Crippen LogP contribution is 2.23. The summed E-state index contributed by atoms with van der Waals surface area (Å²) in [7, 11) is 1.62. The summed E-state index contributed by atoms with van der Waals surface area (Å²) >= 11 is 0. The number of rotatable bonds is 5. The van der Waals surface area contributed by atoms with Crippen molar-refractivity contribution in [2.45, 2.75) is 32.4 Å². The number of carbonyl (C=O) groups excluding carboxylic acids is 1. The van der Waals surface area contributed by atoms with E-state index in [0.717, 1.165) is 45.7 Å². The van der Waals surface area contributed by atoms with Crippen LogP contribution in [0, 0.1) is 5.92 Å². The molecule has 1 N–H and O–H groups in total. The van der Waals surface area contributed by atoms with E-state index in [1.807, 2.05) is 4.90 Å². The number of aliphatic hydroxyl groups is 1. The number of methoxy groups -OCH3 is 1. The van der Waals surface area contributed by atoms with E-state index in [-0.39, 0.29) is 5.91 Å². The third-order valence-corrected chi connectivity index (χ3v) is 4.92. The normalized spacial score (nSPS) is 29.5. The van der Waals surface area contributed by atoms with Gasteiger partial charge in [0.1, 0.15) is 0 Å². The largest absolute Gasteiger partial charge is 0.389 e. The first-order valence-corrected chi connectivity index (χ1v) is 8.40. The van der Waals surface area contributed by atoms with Crippen LogP contribution in [-0.2, 0) is 9.53 Å². The van der Waals surface area contributed by atoms with Gasteiger partial charge in [-0.15, -0.1) is 0 Å². The zero-order chi connectivity index (χ0) is 16.1. The minimum atomic E-state index is -0.409. The fraction of sp³-hybridized carbons (Fsp3) is 0.938. The lowest BCUT2D eigenvalue weighted by Crippen LogP contribution is -2.43. The first-order chi connectivity index (χ1) is 10.5. The standard InChI is InChI=1S/C16H31N3O3/c1-13-9-17(10-15(21)12-22-3)11-16(13)19-6-4-5-18(7-8-19)14(2)20/h13,15-16,21H,4-12H2,1-3H3/t13-,15+,16-/m0/s1. The van der Waals surface area contributed by atoms with Crippen molar-refractivity contribution >= 4 is 5.91 Å². The number of β-amino-alcohol motifs (C(OH)–C–C–N with tert-alkyl or cyclic N) is 1. The minimum absolute atomic E-state index is 0.186. The first-order valence-electron chi connectivity index (χ1n) is 8.40. The molecular formula is C16H31N3O3. The second-order valence-corrected chi connectivity index (χ2v) is 6.77. The Balaban J connectivity index is 1.85. The summed E-state index contributed by atoms with van der Waals surface area (Å²) in [5.74, 6) is 0.782. The molecule has 0 aromatic heterocycles. The first kappa shape index (κ1) is 17.7. The Morgan fingerprint density at radius 1 is 1.27 bits per heavy atom. The summed E-state index contributed by atoms with van der Waals surface area (Å²) in [5, 5.41) is 9.91. The average molecular weight is 313 g/mol. The molecule has 0 bridgehead atoms. The van der Waals surface area contributed by atoms with Gasteiger partial charge in [-0.1, -0.05) is 6.92 Å². The van der Waals surface area contributed by atoms with Crippen LogP contribution in [0.3, 0.4) is 0 Å². The Kier molecular flexibility index (Phi) is 6.62. The van der Waals surface area contributed by atoms with Gasteiger partial charge in [0.25, 0.3) is 0 Å². The van der Waals surface area contributed by atoms with E-state index in [4.69, 9.17) is 4.74 Å². The molecule has 2 rings (SSSR count). The molecule has 6 heteroatoms. The van der Waals surface area contributed by atoms with Gasteiger partial charge in [-0.05, 0) is 12.3 Å². The van der Waals surface area contributed by atoms with Crippen molar-refractivity contribution in [3.63, 3.8) is 0 Å². The molecule has 2 aliphatic heterocycles. The number of hydrogen-bond donors (Lipinski definition) is 1. The Morgan fingerprint density at radius 3 is 2.73 bits per heavy atom. The number of likely N-dealkylation sites (tertiary alicyclic amines) is 1. The van der Waals surface area contributed by atoms with Crippen LogP contribution in [0.2, 0.25) is 0 Å². The third kappa shape index (κ3) is 4.65. The zero-order valence-corrected chi connectivity index (χ0v) is 14.2. The molecule has 2 saturated heterocycles. The van der Waals surface area contributed by atoms with Crippen LogP contribution < -0.4 is 0 Å². The molecule has 0 aromatic rings. The lowest BCUT2D eigenvalue weighted by Gasteiger charge is -2.30. The van der Waals surface area contributed by atoms with Crippen LogP contribution in [0.25, 0.3) is 0 Å². The van der Waals surface area contributed by atoms with E-state index in [9.17, 15) is 9.90 Å². The third-order valence-electron chi connectivity index (χ3n) is 4.92. The van der Waals surface area contributed by atoms with Gasteiger partial charge in [0.2, 0.25) is 5.91 Å². The number of hydrogen-bond acceptors (Lipinski definition) is 5. The van der Waals surface area contributed by atoms with Gasteiger partial charge < -0.3 is 14.7 Å². The van der Waals surface area contributed by atoms with E-state index in [1.165, 1.54) is 0 Å². The lowest BCUT2D eigenvalue weighted by atomic mass is 10.0. The van der Waals surface area contributed by atoms with Gasteiger partial charge in [0.15, 0.2) is 0 Å². The van der Waals surface area contributed by atoms with Crippen LogP contribution in [-0.4, -0.2) is 97.4 Å². The number of carbonyl (C=O) groups is 1. The predicted octanol–water partition coefficient (Wildman–Crippen LogP) is -0.132. The molecule has 2 fully saturated rings. The summed E-state index contributed by atoms with van der Waals surface area (Å²) in [6, 6.07) is 0.529. The smallest absolute Gasteiger partial charge is 0.219 e. The molecule has 3 atom stereocenters. The maximum atomic E-state index is 11.5. The van der Waals surface area contributed by atoms with Crippen molar-refractivity contribution in [2.24, 2.45) is 5.92 Å². The molecule has 0 saturated carbocycles. The molecule has 128 valence electrons. The Morgan fingerprint density at radius 2 is 2.05 bits per heavy atom. The minimum Gasteiger partial charge on any atom is -0.389 e. The van der Waals surface area contributed by atoms with E-state index in [1.54, 1.807) is 14.0 Å². The quantitative estimate of drug-likeness (QED) is 0.766. The molecule has 0 unspecified atom stereocenters. The summed E-state index contributed by atoms with van der Waals surface area (Å²) < 4.78 is 5.01. The van der Waals surface area contributed by atoms with Crippen molar-refractivity contribution < 1.29 is 14.6 Å². The van der Waals surface area contributed by atoms with Gasteiger partial charge >= 0.3 is 0 Å². The van der Waals surface area contributed by atoms with Crippen LogP contribution in [0.4, 0.5) is 0 Å². The van der Waals surface area contributed by atoms with E-state index >= 15 is 0 Å². The highest BCUT2D eigenvalue weighted by atomic mass is 16.5. The van der Waals surface area contributed by atoms with Gasteiger partial charge in [0.05, 0.1) is 12.7 Å². The van der Waals surface area contributed by atoms with Crippen LogP contribution in [0.5, 0.6) is 0 Å². The summed E-state index contributed by atoms with van der Waals surface area (Å²) in [6.07, 6.45) is 0.642. The van der Waals surface area contributed by atoms with E-state index < -0.39 is 6.10 Å². The van der Waals surface area contributed by atoms with Gasteiger partial charge in [-0.3, -0.25) is 14.6 Å². The Hall–Kier alpha value is -0.690. The molecular weight excluding hydrogens is 282 g/mol. The molecule has 0 spiro atoms. The van der Waals surface area contributed by atoms with Crippen molar-refractivity contribution in [3.8, 4) is 0 Å². The fourth-order valence-electron chi connectivity index (χ4n) is 3.80. The molecule has 1 amide bonds. The molecule has 0 aliphatic carbocycles. The maximum absolute atomic E-state index is 11.5. The second-order valence-electron chi connectivity index (χ2n) is 6.77. The Labute approximate surface area is 134 Å². The monoisotopic (exact) mass is 313 g/mol. The average Bonchev–Trinajstić information content (AvgIpc) is 2.67. The summed E-state index contributed by atoms with van der Waals surface area (Å²) in [6.45, 7) is 10.8. The van der Waals surface area contributed by atoms with Gasteiger partial charge in [0, 0.05) is 65.9 Å². The topological polar surface area (TPSA) is 56.3 Å². The molecule has 2 heterocycles. The highest BCUT2D eigenvalue weighted by Gasteiger charge is 2.35. The SMILES string of the molecule is COC[C@H](O)CN1C[C@H](C)[C@@H](N2CCCN(C(C)=O)CC2)C1. The van der Waals surface area contributed by atoms with Gasteiger partial charge in [-0.2, -0.15) is 0 Å².